The number of ether oxygens (including phenoxy) is 1. The van der Waals surface area contributed by atoms with Crippen molar-refractivity contribution in [2.24, 2.45) is 0 Å². The number of halogens is 1. The van der Waals surface area contributed by atoms with E-state index >= 15 is 0 Å². The molecule has 0 fully saturated rings. The number of benzene rings is 2. The first-order valence-corrected chi connectivity index (χ1v) is 14.6. The van der Waals surface area contributed by atoms with Gasteiger partial charge in [0, 0.05) is 64.8 Å². The maximum Gasteiger partial charge on any atom is 0.323 e. The predicted molar refractivity (Wildman–Crippen MR) is 177 cm³/mol. The van der Waals surface area contributed by atoms with E-state index in [1.807, 2.05) is 0 Å². The van der Waals surface area contributed by atoms with Crippen molar-refractivity contribution < 1.29 is 23.9 Å². The van der Waals surface area contributed by atoms with E-state index < -0.39 is 6.03 Å². The second-order valence-electron chi connectivity index (χ2n) is 9.87. The molecular formula is C34H31ClN6O5. The van der Waals surface area contributed by atoms with Crippen LogP contribution in [0.3, 0.4) is 0 Å². The lowest BCUT2D eigenvalue weighted by Crippen LogP contribution is -2.27. The number of aromatic nitrogens is 2. The highest BCUT2D eigenvalue weighted by molar-refractivity contribution is 6.29. The molecular weight excluding hydrogens is 608 g/mol. The molecule has 0 atom stereocenters. The number of rotatable bonds is 12. The van der Waals surface area contributed by atoms with Gasteiger partial charge in [0.2, 0.25) is 0 Å². The third kappa shape index (κ3) is 10.3. The van der Waals surface area contributed by atoms with E-state index in [-0.39, 0.29) is 22.6 Å². The molecule has 0 aliphatic heterocycles. The van der Waals surface area contributed by atoms with Gasteiger partial charge < -0.3 is 26.0 Å². The van der Waals surface area contributed by atoms with Gasteiger partial charge in [-0.15, -0.1) is 0 Å². The molecule has 4 aromatic rings. The number of ketones is 2. The first-order chi connectivity index (χ1) is 22.2. The van der Waals surface area contributed by atoms with E-state index in [1.54, 1.807) is 60.7 Å². The fourth-order valence-corrected chi connectivity index (χ4v) is 4.36. The standard InChI is InChI=1S/C34H31ClN6O5/c1-22(42)30-9-8-27(20-31(30)23(2)43)37-14-16-46-17-15-39-33(44)25-5-3-4-24(18-25)6-7-26-19-28(10-12-36-26)40-34(45)41-29-11-13-38-32(35)21-29/h3-5,8-13,18-21,37H,14-17H2,1-2H3,(H,39,44)(H2,36,38,40,41,45). The Bertz CT molecular complexity index is 1820. The average molecular weight is 639 g/mol. The van der Waals surface area contributed by atoms with Crippen molar-refractivity contribution in [1.82, 2.24) is 15.3 Å². The summed E-state index contributed by atoms with van der Waals surface area (Å²) in [5, 5.41) is 11.6. The number of amides is 3. The van der Waals surface area contributed by atoms with Gasteiger partial charge in [-0.1, -0.05) is 23.6 Å². The van der Waals surface area contributed by atoms with Crippen molar-refractivity contribution in [3.8, 4) is 11.8 Å². The maximum atomic E-state index is 12.7. The molecule has 0 spiro atoms. The summed E-state index contributed by atoms with van der Waals surface area (Å²) in [6, 6.07) is 17.9. The molecule has 234 valence electrons. The van der Waals surface area contributed by atoms with Gasteiger partial charge in [0.05, 0.1) is 13.2 Å². The zero-order valence-corrected chi connectivity index (χ0v) is 25.9. The van der Waals surface area contributed by atoms with Gasteiger partial charge >= 0.3 is 6.03 Å². The van der Waals surface area contributed by atoms with Crippen molar-refractivity contribution in [2.75, 3.05) is 42.3 Å². The molecule has 0 radical (unpaired) electrons. The van der Waals surface area contributed by atoms with Crippen LogP contribution in [0.4, 0.5) is 21.9 Å². The first kappa shape index (κ1) is 33.3. The first-order valence-electron chi connectivity index (χ1n) is 14.2. The second kappa shape index (κ2) is 16.5. The highest BCUT2D eigenvalue weighted by atomic mass is 35.5. The topological polar surface area (TPSA) is 151 Å². The summed E-state index contributed by atoms with van der Waals surface area (Å²) < 4.78 is 5.60. The van der Waals surface area contributed by atoms with Crippen LogP contribution in [0, 0.1) is 11.8 Å². The summed E-state index contributed by atoms with van der Waals surface area (Å²) in [7, 11) is 0. The lowest BCUT2D eigenvalue weighted by molar-refractivity contribution is 0.0920. The Hall–Kier alpha value is -5.57. The number of anilines is 3. The third-order valence-corrected chi connectivity index (χ3v) is 6.55. The Labute approximate surface area is 271 Å². The van der Waals surface area contributed by atoms with Crippen LogP contribution in [0.1, 0.15) is 56.2 Å². The molecule has 0 aliphatic rings. The second-order valence-corrected chi connectivity index (χ2v) is 10.3. The number of hydrogen-bond acceptors (Lipinski definition) is 8. The summed E-state index contributed by atoms with van der Waals surface area (Å²) in [4.78, 5) is 56.7. The molecule has 12 heteroatoms. The Morgan fingerprint density at radius 3 is 2.22 bits per heavy atom. The number of urea groups is 1. The van der Waals surface area contributed by atoms with Crippen LogP contribution in [0.2, 0.25) is 5.15 Å². The normalized spacial score (nSPS) is 10.2. The van der Waals surface area contributed by atoms with Gasteiger partial charge in [-0.05, 0) is 80.4 Å². The van der Waals surface area contributed by atoms with Crippen LogP contribution < -0.4 is 21.3 Å². The molecule has 2 aromatic heterocycles. The van der Waals surface area contributed by atoms with Crippen molar-refractivity contribution in [3.63, 3.8) is 0 Å². The lowest BCUT2D eigenvalue weighted by atomic mass is 10.0. The van der Waals surface area contributed by atoms with Crippen LogP contribution in [0.15, 0.2) is 79.1 Å². The minimum Gasteiger partial charge on any atom is -0.383 e. The third-order valence-electron chi connectivity index (χ3n) is 6.35. The molecule has 0 saturated carbocycles. The van der Waals surface area contributed by atoms with E-state index in [0.29, 0.717) is 71.3 Å². The fourth-order valence-electron chi connectivity index (χ4n) is 4.19. The molecule has 2 heterocycles. The SMILES string of the molecule is CC(=O)c1ccc(NCCOCCNC(=O)c2cccc(C#Cc3cc(NC(=O)Nc4ccnc(Cl)c4)ccn3)c2)cc1C(C)=O. The lowest BCUT2D eigenvalue weighted by Gasteiger charge is -2.11. The predicted octanol–water partition coefficient (Wildman–Crippen LogP) is 5.44. The highest BCUT2D eigenvalue weighted by Gasteiger charge is 2.12. The quantitative estimate of drug-likeness (QED) is 0.0693. The molecule has 2 aromatic carbocycles. The van der Waals surface area contributed by atoms with E-state index in [4.69, 9.17) is 16.3 Å². The van der Waals surface area contributed by atoms with Crippen molar-refractivity contribution in [3.05, 3.63) is 112 Å². The number of carbonyl (C=O) groups excluding carboxylic acids is 4. The van der Waals surface area contributed by atoms with Crippen molar-refractivity contribution in [2.45, 2.75) is 13.8 Å². The van der Waals surface area contributed by atoms with E-state index in [0.717, 1.165) is 0 Å². The molecule has 4 rings (SSSR count). The molecule has 0 bridgehead atoms. The summed E-state index contributed by atoms with van der Waals surface area (Å²) in [5.41, 5.74) is 3.97. The monoisotopic (exact) mass is 638 g/mol. The molecule has 3 amide bonds. The van der Waals surface area contributed by atoms with Crippen molar-refractivity contribution >= 4 is 52.2 Å². The van der Waals surface area contributed by atoms with Gasteiger partial charge in [-0.2, -0.15) is 0 Å². The highest BCUT2D eigenvalue weighted by Crippen LogP contribution is 2.17. The van der Waals surface area contributed by atoms with Gasteiger partial charge in [0.1, 0.15) is 10.8 Å². The molecule has 0 aliphatic carbocycles. The minimum atomic E-state index is -0.463. The Balaban J connectivity index is 1.21. The van der Waals surface area contributed by atoms with E-state index in [2.05, 4.69) is 43.1 Å². The van der Waals surface area contributed by atoms with E-state index in [9.17, 15) is 19.2 Å². The zero-order chi connectivity index (χ0) is 32.9. The van der Waals surface area contributed by atoms with Crippen LogP contribution in [-0.4, -0.2) is 59.8 Å². The van der Waals surface area contributed by atoms with Gasteiger partial charge in [0.25, 0.3) is 5.91 Å². The summed E-state index contributed by atoms with van der Waals surface area (Å²) in [5.74, 6) is 5.34. The molecule has 46 heavy (non-hydrogen) atoms. The summed E-state index contributed by atoms with van der Waals surface area (Å²) in [6.45, 7) is 4.32. The number of hydrogen-bond donors (Lipinski definition) is 4. The van der Waals surface area contributed by atoms with Gasteiger partial charge in [-0.25, -0.2) is 14.8 Å². The average Bonchev–Trinajstić information content (AvgIpc) is 3.03. The Kier molecular flexibility index (Phi) is 11.9. The molecule has 11 nitrogen and oxygen atoms in total. The summed E-state index contributed by atoms with van der Waals surface area (Å²) in [6.07, 6.45) is 3.02. The largest absolute Gasteiger partial charge is 0.383 e. The van der Waals surface area contributed by atoms with Crippen molar-refractivity contribution in [1.29, 1.82) is 0 Å². The van der Waals surface area contributed by atoms with E-state index in [1.165, 1.54) is 32.3 Å². The molecule has 0 saturated heterocycles. The summed E-state index contributed by atoms with van der Waals surface area (Å²) >= 11 is 5.85. The van der Waals surface area contributed by atoms with Crippen LogP contribution in [0.5, 0.6) is 0 Å². The molecule has 0 unspecified atom stereocenters. The zero-order valence-electron chi connectivity index (χ0n) is 25.1. The van der Waals surface area contributed by atoms with Crippen LogP contribution in [-0.2, 0) is 4.74 Å². The molecule has 4 N–H and O–H groups in total. The number of nitrogens with one attached hydrogen (secondary N) is 4. The van der Waals surface area contributed by atoms with Crippen LogP contribution in [0.25, 0.3) is 0 Å². The fraction of sp³-hybridized carbons (Fsp3) is 0.176. The number of Topliss-reactive ketones (excluding diaryl/α,β-unsaturated/α-hetero) is 2. The Morgan fingerprint density at radius 2 is 1.48 bits per heavy atom. The minimum absolute atomic E-state index is 0.160. The number of nitrogens with zero attached hydrogens (tertiary/aromatic N) is 2. The maximum absolute atomic E-state index is 12.7. The van der Waals surface area contributed by atoms with Gasteiger partial charge in [-0.3, -0.25) is 14.4 Å². The van der Waals surface area contributed by atoms with Crippen LogP contribution >= 0.6 is 11.6 Å². The Morgan fingerprint density at radius 1 is 0.761 bits per heavy atom. The van der Waals surface area contributed by atoms with Gasteiger partial charge in [0.15, 0.2) is 11.6 Å². The number of carbonyl (C=O) groups is 4. The smallest absolute Gasteiger partial charge is 0.323 e. The number of pyridine rings is 2.